The molecule has 5 atom stereocenters. The molecule has 1 unspecified atom stereocenters. The molecule has 0 radical (unpaired) electrons. The van der Waals surface area contributed by atoms with Gasteiger partial charge in [0, 0.05) is 20.1 Å². The Morgan fingerprint density at radius 1 is 1.26 bits per heavy atom. The van der Waals surface area contributed by atoms with Gasteiger partial charge in [-0.05, 0) is 6.92 Å². The lowest BCUT2D eigenvalue weighted by atomic mass is 9.72. The number of fused-ring (bicyclic) bond motifs is 2. The SMILES string of the molecule is COCO[C@@]1(C)[C@H](n2cnc3c(N)ncnc32)C2[C@H](C(=O)O)[C@@]21OCOC. The third kappa shape index (κ3) is 2.16. The fraction of sp³-hybridized carbons (Fsp3) is 0.625. The Labute approximate surface area is 154 Å². The predicted molar refractivity (Wildman–Crippen MR) is 90.4 cm³/mol. The third-order valence-corrected chi connectivity index (χ3v) is 5.73. The molecule has 3 N–H and O–H groups in total. The highest BCUT2D eigenvalue weighted by atomic mass is 16.7. The van der Waals surface area contributed by atoms with E-state index in [1.807, 2.05) is 6.92 Å². The average molecular weight is 379 g/mol. The van der Waals surface area contributed by atoms with Crippen molar-refractivity contribution in [2.24, 2.45) is 11.8 Å². The molecule has 2 fully saturated rings. The Balaban J connectivity index is 1.80. The van der Waals surface area contributed by atoms with E-state index in [1.165, 1.54) is 20.5 Å². The van der Waals surface area contributed by atoms with Crippen molar-refractivity contribution in [2.45, 2.75) is 24.2 Å². The van der Waals surface area contributed by atoms with E-state index in [-0.39, 0.29) is 31.4 Å². The van der Waals surface area contributed by atoms with Crippen LogP contribution in [0.25, 0.3) is 11.2 Å². The van der Waals surface area contributed by atoms with Crippen LogP contribution < -0.4 is 5.73 Å². The number of anilines is 1. The Bertz CT molecular complexity index is 889. The molecule has 0 bridgehead atoms. The number of aliphatic carboxylic acids is 1. The van der Waals surface area contributed by atoms with Crippen molar-refractivity contribution in [3.63, 3.8) is 0 Å². The van der Waals surface area contributed by atoms with Gasteiger partial charge in [0.1, 0.15) is 36.6 Å². The fourth-order valence-electron chi connectivity index (χ4n) is 4.64. The summed E-state index contributed by atoms with van der Waals surface area (Å²) in [5.41, 5.74) is 4.82. The van der Waals surface area contributed by atoms with Crippen LogP contribution in [-0.2, 0) is 23.7 Å². The fourth-order valence-corrected chi connectivity index (χ4v) is 4.64. The number of hydrogen-bond donors (Lipinski definition) is 2. The van der Waals surface area contributed by atoms with E-state index in [0.29, 0.717) is 11.2 Å². The predicted octanol–water partition coefficient (Wildman–Crippen LogP) is 0.0323. The van der Waals surface area contributed by atoms with Crippen LogP contribution in [-0.4, -0.2) is 69.6 Å². The first kappa shape index (κ1) is 18.0. The highest BCUT2D eigenvalue weighted by molar-refractivity contribution is 5.83. The van der Waals surface area contributed by atoms with Crippen molar-refractivity contribution >= 4 is 23.0 Å². The number of nitrogen functional groups attached to an aromatic ring is 1. The Kier molecular flexibility index (Phi) is 4.07. The first-order valence-corrected chi connectivity index (χ1v) is 8.35. The molecular formula is C16H21N5O6. The molecule has 2 aliphatic rings. The zero-order valence-electron chi connectivity index (χ0n) is 15.2. The highest BCUT2D eigenvalue weighted by Crippen LogP contribution is 2.78. The summed E-state index contributed by atoms with van der Waals surface area (Å²) >= 11 is 0. The van der Waals surface area contributed by atoms with Gasteiger partial charge in [-0.2, -0.15) is 0 Å². The van der Waals surface area contributed by atoms with Gasteiger partial charge in [0.25, 0.3) is 0 Å². The van der Waals surface area contributed by atoms with Crippen LogP contribution in [0, 0.1) is 11.8 Å². The number of carboxylic acid groups (broad SMARTS) is 1. The summed E-state index contributed by atoms with van der Waals surface area (Å²) in [5.74, 6) is -1.79. The summed E-state index contributed by atoms with van der Waals surface area (Å²) in [6.45, 7) is 1.74. The average Bonchev–Trinajstić information content (AvgIpc) is 3.05. The molecule has 2 saturated carbocycles. The summed E-state index contributed by atoms with van der Waals surface area (Å²) in [5, 5.41) is 9.75. The van der Waals surface area contributed by atoms with Crippen LogP contribution in [0.4, 0.5) is 5.82 Å². The normalized spacial score (nSPS) is 34.3. The maximum atomic E-state index is 11.9. The van der Waals surface area contributed by atoms with E-state index in [4.69, 9.17) is 24.7 Å². The maximum Gasteiger partial charge on any atom is 0.310 e. The molecule has 0 spiro atoms. The third-order valence-electron chi connectivity index (χ3n) is 5.73. The summed E-state index contributed by atoms with van der Waals surface area (Å²) in [4.78, 5) is 24.4. The van der Waals surface area contributed by atoms with Gasteiger partial charge < -0.3 is 34.4 Å². The Morgan fingerprint density at radius 2 is 1.96 bits per heavy atom. The summed E-state index contributed by atoms with van der Waals surface area (Å²) in [6.07, 6.45) is 2.92. The van der Waals surface area contributed by atoms with Gasteiger partial charge in [0.05, 0.1) is 18.3 Å². The van der Waals surface area contributed by atoms with E-state index in [9.17, 15) is 9.90 Å². The van der Waals surface area contributed by atoms with E-state index in [2.05, 4.69) is 15.0 Å². The van der Waals surface area contributed by atoms with Gasteiger partial charge in [0.15, 0.2) is 11.5 Å². The number of carbonyl (C=O) groups is 1. The number of nitrogens with zero attached hydrogens (tertiary/aromatic N) is 4. The van der Waals surface area contributed by atoms with Crippen LogP contribution in [0.15, 0.2) is 12.7 Å². The molecule has 0 amide bonds. The van der Waals surface area contributed by atoms with Gasteiger partial charge in [-0.3, -0.25) is 4.79 Å². The monoisotopic (exact) mass is 379 g/mol. The van der Waals surface area contributed by atoms with Crippen LogP contribution in [0.1, 0.15) is 13.0 Å². The molecule has 146 valence electrons. The van der Waals surface area contributed by atoms with Crippen LogP contribution in [0.5, 0.6) is 0 Å². The van der Waals surface area contributed by atoms with Crippen molar-refractivity contribution in [3.8, 4) is 0 Å². The molecule has 11 nitrogen and oxygen atoms in total. The van der Waals surface area contributed by atoms with Crippen LogP contribution in [0.3, 0.4) is 0 Å². The number of ether oxygens (including phenoxy) is 4. The minimum atomic E-state index is -1.02. The van der Waals surface area contributed by atoms with Crippen LogP contribution in [0.2, 0.25) is 0 Å². The second-order valence-electron chi connectivity index (χ2n) is 6.87. The summed E-state index contributed by atoms with van der Waals surface area (Å²) in [6, 6.07) is -0.384. The quantitative estimate of drug-likeness (QED) is 0.603. The Hall–Kier alpha value is -2.34. The van der Waals surface area contributed by atoms with Gasteiger partial charge in [0.2, 0.25) is 0 Å². The highest BCUT2D eigenvalue weighted by Gasteiger charge is 2.92. The first-order chi connectivity index (χ1) is 12.9. The lowest BCUT2D eigenvalue weighted by molar-refractivity contribution is -0.278. The van der Waals surface area contributed by atoms with Crippen molar-refractivity contribution in [1.82, 2.24) is 19.5 Å². The van der Waals surface area contributed by atoms with E-state index in [0.717, 1.165) is 0 Å². The molecule has 0 aliphatic heterocycles. The van der Waals surface area contributed by atoms with Crippen molar-refractivity contribution in [3.05, 3.63) is 12.7 Å². The minimum Gasteiger partial charge on any atom is -0.481 e. The van der Waals surface area contributed by atoms with Crippen molar-refractivity contribution in [2.75, 3.05) is 33.5 Å². The molecule has 2 aromatic heterocycles. The van der Waals surface area contributed by atoms with Crippen LogP contribution >= 0.6 is 0 Å². The summed E-state index contributed by atoms with van der Waals surface area (Å²) < 4.78 is 23.7. The zero-order valence-corrected chi connectivity index (χ0v) is 15.2. The van der Waals surface area contributed by atoms with Gasteiger partial charge in [-0.15, -0.1) is 0 Å². The molecule has 27 heavy (non-hydrogen) atoms. The minimum absolute atomic E-state index is 0.0199. The number of rotatable bonds is 8. The molecule has 0 saturated heterocycles. The second kappa shape index (κ2) is 6.09. The smallest absolute Gasteiger partial charge is 0.310 e. The molecule has 2 heterocycles. The Morgan fingerprint density at radius 3 is 2.63 bits per heavy atom. The van der Waals surface area contributed by atoms with Gasteiger partial charge in [-0.25, -0.2) is 15.0 Å². The van der Waals surface area contributed by atoms with Gasteiger partial charge >= 0.3 is 5.97 Å². The van der Waals surface area contributed by atoms with E-state index < -0.39 is 23.1 Å². The molecule has 2 aliphatic carbocycles. The molecule has 4 rings (SSSR count). The van der Waals surface area contributed by atoms with E-state index >= 15 is 0 Å². The number of hydrogen-bond acceptors (Lipinski definition) is 9. The molecule has 11 heteroatoms. The topological polar surface area (TPSA) is 144 Å². The standard InChI is InChI=1S/C16H21N5O6/c1-15(26-6-24-2)11(8-9(14(22)23)16(8,15)27-7-25-3)21-5-20-10-12(17)18-4-19-13(10)21/h4-5,8-9,11H,6-7H2,1-3H3,(H,22,23)(H2,17,18,19)/t8?,9-,11-,15+,16+/m1/s1. The number of imidazole rings is 1. The molecule has 0 aromatic carbocycles. The van der Waals surface area contributed by atoms with Crippen molar-refractivity contribution in [1.29, 1.82) is 0 Å². The number of methoxy groups -OCH3 is 2. The zero-order chi connectivity index (χ0) is 19.4. The first-order valence-electron chi connectivity index (χ1n) is 8.35. The number of carboxylic acids is 1. The maximum absolute atomic E-state index is 11.9. The lowest BCUT2D eigenvalue weighted by Crippen LogP contribution is -2.63. The van der Waals surface area contributed by atoms with Crippen molar-refractivity contribution < 1.29 is 28.8 Å². The lowest BCUT2D eigenvalue weighted by Gasteiger charge is -2.52. The van der Waals surface area contributed by atoms with Gasteiger partial charge in [-0.1, -0.05) is 0 Å². The number of aromatic nitrogens is 4. The molecule has 2 aromatic rings. The summed E-state index contributed by atoms with van der Waals surface area (Å²) in [7, 11) is 2.98. The number of nitrogens with two attached hydrogens (primary N) is 1. The molecular weight excluding hydrogens is 358 g/mol. The van der Waals surface area contributed by atoms with E-state index in [1.54, 1.807) is 10.9 Å². The largest absolute Gasteiger partial charge is 0.481 e. The second-order valence-corrected chi connectivity index (χ2v) is 6.87.